The molecular weight excluding hydrogens is 174 g/mol. The Morgan fingerprint density at radius 2 is 1.62 bits per heavy atom. The predicted molar refractivity (Wildman–Crippen MR) is 49.5 cm³/mol. The molecule has 0 aliphatic rings. The summed E-state index contributed by atoms with van der Waals surface area (Å²) in [5, 5.41) is 9.21. The Bertz CT molecular complexity index is 185. The van der Waals surface area contributed by atoms with Gasteiger partial charge in [-0.15, -0.1) is 0 Å². The van der Waals surface area contributed by atoms with Crippen molar-refractivity contribution >= 4 is 0 Å². The molecule has 1 atom stereocenters. The third kappa shape index (κ3) is 4.36. The van der Waals surface area contributed by atoms with Crippen molar-refractivity contribution in [2.24, 2.45) is 11.8 Å². The van der Waals surface area contributed by atoms with E-state index in [0.29, 0.717) is 0 Å². The highest BCUT2D eigenvalue weighted by molar-refractivity contribution is 5.06. The van der Waals surface area contributed by atoms with Gasteiger partial charge < -0.3 is 5.11 Å². The van der Waals surface area contributed by atoms with E-state index in [9.17, 15) is 13.9 Å². The number of rotatable bonds is 4. The molecule has 1 unspecified atom stereocenters. The van der Waals surface area contributed by atoms with Gasteiger partial charge in [-0.25, -0.2) is 8.78 Å². The number of aliphatic hydroxyl groups excluding tert-OH is 1. The molecule has 0 heterocycles. The molecule has 0 radical (unpaired) electrons. The van der Waals surface area contributed by atoms with Crippen molar-refractivity contribution in [2.45, 2.75) is 40.2 Å². The summed E-state index contributed by atoms with van der Waals surface area (Å²) in [5.74, 6) is -2.07. The zero-order valence-corrected chi connectivity index (χ0v) is 8.64. The summed E-state index contributed by atoms with van der Waals surface area (Å²) in [4.78, 5) is 0. The summed E-state index contributed by atoms with van der Waals surface area (Å²) in [7, 11) is 0. The lowest BCUT2D eigenvalue weighted by molar-refractivity contribution is 0.129. The van der Waals surface area contributed by atoms with Crippen molar-refractivity contribution in [1.82, 2.24) is 0 Å². The van der Waals surface area contributed by atoms with Crippen LogP contribution in [0.4, 0.5) is 8.78 Å². The Kier molecular flexibility index (Phi) is 5.14. The van der Waals surface area contributed by atoms with E-state index in [4.69, 9.17) is 0 Å². The van der Waals surface area contributed by atoms with Crippen LogP contribution in [0, 0.1) is 11.8 Å². The smallest absolute Gasteiger partial charge is 0.160 e. The van der Waals surface area contributed by atoms with Crippen molar-refractivity contribution in [3.05, 3.63) is 11.7 Å². The van der Waals surface area contributed by atoms with Crippen molar-refractivity contribution in [1.29, 1.82) is 0 Å². The number of allylic oxidation sites excluding steroid dienone is 1. The standard InChI is InChI=1S/C10H18F2O/c1-6(2)5-8(11)9(12)10(13)7(3)4/h6-7,10,13H,5H2,1-4H3/b9-8+. The summed E-state index contributed by atoms with van der Waals surface area (Å²) in [6.07, 6.45) is -1.26. The van der Waals surface area contributed by atoms with E-state index in [0.717, 1.165) is 0 Å². The van der Waals surface area contributed by atoms with Gasteiger partial charge in [0, 0.05) is 6.42 Å². The fraction of sp³-hybridized carbons (Fsp3) is 0.800. The molecule has 0 rings (SSSR count). The number of hydrogen-bond acceptors (Lipinski definition) is 1. The van der Waals surface area contributed by atoms with Crippen LogP contribution in [-0.2, 0) is 0 Å². The maximum absolute atomic E-state index is 13.1. The van der Waals surface area contributed by atoms with E-state index < -0.39 is 17.8 Å². The second-order valence-corrected chi connectivity index (χ2v) is 4.04. The average Bonchev–Trinajstić information content (AvgIpc) is 2.00. The minimum Gasteiger partial charge on any atom is -0.386 e. The van der Waals surface area contributed by atoms with E-state index in [1.54, 1.807) is 27.7 Å². The second kappa shape index (κ2) is 5.32. The highest BCUT2D eigenvalue weighted by atomic mass is 19.2. The third-order valence-electron chi connectivity index (χ3n) is 1.74. The first-order chi connectivity index (χ1) is 5.86. The molecule has 0 saturated heterocycles. The van der Waals surface area contributed by atoms with Gasteiger partial charge in [0.2, 0.25) is 0 Å². The minimum absolute atomic E-state index is 0.0512. The Balaban J connectivity index is 4.41. The first kappa shape index (κ1) is 12.6. The maximum atomic E-state index is 13.1. The van der Waals surface area contributed by atoms with Gasteiger partial charge in [-0.3, -0.25) is 0 Å². The monoisotopic (exact) mass is 192 g/mol. The number of halogens is 2. The molecule has 0 aliphatic heterocycles. The van der Waals surface area contributed by atoms with Gasteiger partial charge in [0.1, 0.15) is 11.9 Å². The highest BCUT2D eigenvalue weighted by Crippen LogP contribution is 2.23. The first-order valence-electron chi connectivity index (χ1n) is 4.58. The van der Waals surface area contributed by atoms with E-state index in [-0.39, 0.29) is 18.3 Å². The van der Waals surface area contributed by atoms with E-state index in [1.807, 2.05) is 0 Å². The molecule has 1 nitrogen and oxygen atoms in total. The quantitative estimate of drug-likeness (QED) is 0.725. The van der Waals surface area contributed by atoms with Gasteiger partial charge in [0.25, 0.3) is 0 Å². The Morgan fingerprint density at radius 1 is 1.15 bits per heavy atom. The first-order valence-corrected chi connectivity index (χ1v) is 4.58. The zero-order chi connectivity index (χ0) is 10.6. The normalized spacial score (nSPS) is 16.4. The topological polar surface area (TPSA) is 20.2 Å². The summed E-state index contributed by atoms with van der Waals surface area (Å²) >= 11 is 0. The molecule has 1 N–H and O–H groups in total. The van der Waals surface area contributed by atoms with Gasteiger partial charge in [-0.1, -0.05) is 27.7 Å². The summed E-state index contributed by atoms with van der Waals surface area (Å²) in [5.41, 5.74) is 0. The molecule has 78 valence electrons. The van der Waals surface area contributed by atoms with Gasteiger partial charge in [0.15, 0.2) is 5.83 Å². The van der Waals surface area contributed by atoms with Gasteiger partial charge in [-0.2, -0.15) is 0 Å². The fourth-order valence-electron chi connectivity index (χ4n) is 0.909. The molecule has 0 fully saturated rings. The molecule has 0 aromatic rings. The molecule has 0 aromatic carbocycles. The van der Waals surface area contributed by atoms with Gasteiger partial charge in [-0.05, 0) is 11.8 Å². The lowest BCUT2D eigenvalue weighted by Crippen LogP contribution is -2.16. The van der Waals surface area contributed by atoms with Crippen LogP contribution in [-0.4, -0.2) is 11.2 Å². The van der Waals surface area contributed by atoms with Crippen molar-refractivity contribution in [2.75, 3.05) is 0 Å². The Morgan fingerprint density at radius 3 is 1.92 bits per heavy atom. The van der Waals surface area contributed by atoms with E-state index >= 15 is 0 Å². The minimum atomic E-state index is -1.31. The molecule has 3 heteroatoms. The summed E-state index contributed by atoms with van der Waals surface area (Å²) in [6.45, 7) is 6.89. The molecule has 0 bridgehead atoms. The fourth-order valence-corrected chi connectivity index (χ4v) is 0.909. The van der Waals surface area contributed by atoms with Crippen LogP contribution < -0.4 is 0 Å². The number of aliphatic hydroxyl groups is 1. The van der Waals surface area contributed by atoms with Crippen molar-refractivity contribution in [3.63, 3.8) is 0 Å². The summed E-state index contributed by atoms with van der Waals surface area (Å²) < 4.78 is 26.1. The third-order valence-corrected chi connectivity index (χ3v) is 1.74. The van der Waals surface area contributed by atoms with Crippen LogP contribution in [0.1, 0.15) is 34.1 Å². The van der Waals surface area contributed by atoms with Crippen LogP contribution in [0.2, 0.25) is 0 Å². The lowest BCUT2D eigenvalue weighted by Gasteiger charge is -2.13. The van der Waals surface area contributed by atoms with Crippen molar-refractivity contribution < 1.29 is 13.9 Å². The average molecular weight is 192 g/mol. The zero-order valence-electron chi connectivity index (χ0n) is 8.64. The Hall–Kier alpha value is -0.440. The number of hydrogen-bond donors (Lipinski definition) is 1. The van der Waals surface area contributed by atoms with Crippen LogP contribution in [0.5, 0.6) is 0 Å². The lowest BCUT2D eigenvalue weighted by atomic mass is 10.0. The van der Waals surface area contributed by atoms with E-state index in [2.05, 4.69) is 0 Å². The molecular formula is C10H18F2O. The Labute approximate surface area is 78.5 Å². The molecule has 0 amide bonds. The highest BCUT2D eigenvalue weighted by Gasteiger charge is 2.19. The molecule has 0 saturated carbocycles. The summed E-state index contributed by atoms with van der Waals surface area (Å²) in [6, 6.07) is 0. The largest absolute Gasteiger partial charge is 0.386 e. The van der Waals surface area contributed by atoms with Gasteiger partial charge >= 0.3 is 0 Å². The molecule has 0 aromatic heterocycles. The molecule has 0 spiro atoms. The van der Waals surface area contributed by atoms with Crippen LogP contribution in [0.15, 0.2) is 11.7 Å². The SMILES string of the molecule is CC(C)C/C(F)=C(\F)C(O)C(C)C. The van der Waals surface area contributed by atoms with Crippen molar-refractivity contribution in [3.8, 4) is 0 Å². The van der Waals surface area contributed by atoms with Crippen LogP contribution >= 0.6 is 0 Å². The maximum Gasteiger partial charge on any atom is 0.160 e. The molecule has 0 aliphatic carbocycles. The van der Waals surface area contributed by atoms with Crippen LogP contribution in [0.25, 0.3) is 0 Å². The van der Waals surface area contributed by atoms with E-state index in [1.165, 1.54) is 0 Å². The van der Waals surface area contributed by atoms with Gasteiger partial charge in [0.05, 0.1) is 0 Å². The molecule has 13 heavy (non-hydrogen) atoms. The van der Waals surface area contributed by atoms with Crippen LogP contribution in [0.3, 0.4) is 0 Å². The second-order valence-electron chi connectivity index (χ2n) is 4.04. The predicted octanol–water partition coefficient (Wildman–Crippen LogP) is 3.20.